The minimum Gasteiger partial charge on any atom is -0.310 e. The van der Waals surface area contributed by atoms with Crippen molar-refractivity contribution < 1.29 is 4.39 Å². The maximum absolute atomic E-state index is 14.1. The van der Waals surface area contributed by atoms with Gasteiger partial charge < -0.3 is 5.32 Å². The van der Waals surface area contributed by atoms with E-state index in [4.69, 9.17) is 0 Å². The third kappa shape index (κ3) is 4.08. The Hall–Kier alpha value is -0.840. The molecule has 4 heteroatoms. The van der Waals surface area contributed by atoms with Gasteiger partial charge in [0, 0.05) is 22.0 Å². The summed E-state index contributed by atoms with van der Waals surface area (Å²) in [5, 5.41) is 3.34. The minimum absolute atomic E-state index is 0.172. The van der Waals surface area contributed by atoms with Crippen LogP contribution in [0, 0.1) is 5.82 Å². The molecule has 2 aromatic carbocycles. The first-order valence-corrected chi connectivity index (χ1v) is 8.12. The van der Waals surface area contributed by atoms with Gasteiger partial charge in [-0.05, 0) is 39.7 Å². The van der Waals surface area contributed by atoms with Crippen molar-refractivity contribution in [2.24, 2.45) is 0 Å². The summed E-state index contributed by atoms with van der Waals surface area (Å²) >= 11 is 4.96. The zero-order valence-electron chi connectivity index (χ0n) is 11.5. The Balaban J connectivity index is 2.28. The summed E-state index contributed by atoms with van der Waals surface area (Å²) in [6.07, 6.45) is 0. The van der Waals surface area contributed by atoms with Crippen LogP contribution in [-0.4, -0.2) is 6.04 Å². The van der Waals surface area contributed by atoms with Gasteiger partial charge in [0.05, 0.1) is 4.90 Å². The average Bonchev–Trinajstić information content (AvgIpc) is 2.41. The second-order valence-electron chi connectivity index (χ2n) is 4.80. The molecule has 0 amide bonds. The highest BCUT2D eigenvalue weighted by Crippen LogP contribution is 2.36. The first kappa shape index (κ1) is 15.5. The van der Waals surface area contributed by atoms with Crippen molar-refractivity contribution in [3.63, 3.8) is 0 Å². The molecule has 0 saturated carbocycles. The van der Waals surface area contributed by atoms with Crippen LogP contribution in [0.2, 0.25) is 0 Å². The summed E-state index contributed by atoms with van der Waals surface area (Å²) in [7, 11) is 0. The van der Waals surface area contributed by atoms with Gasteiger partial charge >= 0.3 is 0 Å². The second kappa shape index (κ2) is 7.25. The van der Waals surface area contributed by atoms with E-state index >= 15 is 0 Å². The number of rotatable bonds is 5. The van der Waals surface area contributed by atoms with Crippen LogP contribution in [0.15, 0.2) is 56.7 Å². The standard InChI is InChI=1S/C16H17BrFNS/c1-11(2)19-10-12-6-5-8-14(18)16(12)20-15-9-4-3-7-13(15)17/h3-9,11,19H,10H2,1-2H3. The molecular formula is C16H17BrFNS. The molecule has 1 nitrogen and oxygen atoms in total. The van der Waals surface area contributed by atoms with Crippen LogP contribution < -0.4 is 5.32 Å². The van der Waals surface area contributed by atoms with E-state index in [1.165, 1.54) is 17.8 Å². The Labute approximate surface area is 132 Å². The summed E-state index contributed by atoms with van der Waals surface area (Å²) in [6.45, 7) is 4.84. The van der Waals surface area contributed by atoms with Crippen LogP contribution in [0.4, 0.5) is 4.39 Å². The molecule has 106 valence electrons. The maximum Gasteiger partial charge on any atom is 0.137 e. The van der Waals surface area contributed by atoms with E-state index in [2.05, 4.69) is 35.1 Å². The van der Waals surface area contributed by atoms with E-state index < -0.39 is 0 Å². The number of nitrogens with one attached hydrogen (secondary N) is 1. The van der Waals surface area contributed by atoms with Gasteiger partial charge in [-0.3, -0.25) is 0 Å². The fraction of sp³-hybridized carbons (Fsp3) is 0.250. The van der Waals surface area contributed by atoms with Crippen LogP contribution in [0.1, 0.15) is 19.4 Å². The molecule has 0 aliphatic carbocycles. The van der Waals surface area contributed by atoms with Gasteiger partial charge in [-0.15, -0.1) is 0 Å². The topological polar surface area (TPSA) is 12.0 Å². The Morgan fingerprint density at radius 1 is 1.15 bits per heavy atom. The zero-order chi connectivity index (χ0) is 14.5. The zero-order valence-corrected chi connectivity index (χ0v) is 13.9. The minimum atomic E-state index is -0.172. The third-order valence-electron chi connectivity index (χ3n) is 2.80. The Kier molecular flexibility index (Phi) is 5.64. The molecule has 0 atom stereocenters. The molecule has 1 N–H and O–H groups in total. The van der Waals surface area contributed by atoms with Gasteiger partial charge in [0.1, 0.15) is 5.82 Å². The monoisotopic (exact) mass is 353 g/mol. The lowest BCUT2D eigenvalue weighted by Gasteiger charge is -2.13. The fourth-order valence-corrected chi connectivity index (χ4v) is 3.26. The molecule has 0 aliphatic rings. The normalized spacial score (nSPS) is 11.1. The average molecular weight is 354 g/mol. The molecule has 0 radical (unpaired) electrons. The largest absolute Gasteiger partial charge is 0.310 e. The lowest BCUT2D eigenvalue weighted by atomic mass is 10.2. The molecule has 0 aromatic heterocycles. The Morgan fingerprint density at radius 3 is 2.60 bits per heavy atom. The first-order valence-electron chi connectivity index (χ1n) is 6.51. The summed E-state index contributed by atoms with van der Waals surface area (Å²) in [6, 6.07) is 13.5. The van der Waals surface area contributed by atoms with Gasteiger partial charge in [0.25, 0.3) is 0 Å². The molecule has 0 heterocycles. The molecule has 2 aromatic rings. The predicted octanol–water partition coefficient (Wildman–Crippen LogP) is 5.24. The predicted molar refractivity (Wildman–Crippen MR) is 86.6 cm³/mol. The van der Waals surface area contributed by atoms with Gasteiger partial charge in [0.2, 0.25) is 0 Å². The van der Waals surface area contributed by atoms with E-state index in [0.29, 0.717) is 17.5 Å². The van der Waals surface area contributed by atoms with Crippen LogP contribution in [0.25, 0.3) is 0 Å². The molecule has 2 rings (SSSR count). The van der Waals surface area contributed by atoms with Crippen molar-refractivity contribution >= 4 is 27.7 Å². The number of hydrogen-bond acceptors (Lipinski definition) is 2. The molecule has 0 saturated heterocycles. The van der Waals surface area contributed by atoms with Crippen molar-refractivity contribution in [2.75, 3.05) is 0 Å². The van der Waals surface area contributed by atoms with Crippen molar-refractivity contribution in [3.8, 4) is 0 Å². The summed E-state index contributed by atoms with van der Waals surface area (Å²) in [5.74, 6) is -0.172. The van der Waals surface area contributed by atoms with Crippen molar-refractivity contribution in [3.05, 3.63) is 58.3 Å². The second-order valence-corrected chi connectivity index (χ2v) is 6.70. The molecule has 0 aliphatic heterocycles. The fourth-order valence-electron chi connectivity index (χ4n) is 1.76. The van der Waals surface area contributed by atoms with Gasteiger partial charge in [-0.25, -0.2) is 4.39 Å². The Bertz CT molecular complexity index is 586. The molecule has 20 heavy (non-hydrogen) atoms. The quantitative estimate of drug-likeness (QED) is 0.788. The van der Waals surface area contributed by atoms with E-state index in [1.54, 1.807) is 6.07 Å². The summed E-state index contributed by atoms with van der Waals surface area (Å²) < 4.78 is 15.1. The highest BCUT2D eigenvalue weighted by molar-refractivity contribution is 9.10. The molecule has 0 spiro atoms. The third-order valence-corrected chi connectivity index (χ3v) is 4.99. The number of benzene rings is 2. The smallest absolute Gasteiger partial charge is 0.137 e. The summed E-state index contributed by atoms with van der Waals surface area (Å²) in [4.78, 5) is 1.70. The molecule has 0 bridgehead atoms. The Morgan fingerprint density at radius 2 is 1.90 bits per heavy atom. The van der Waals surface area contributed by atoms with Crippen molar-refractivity contribution in [2.45, 2.75) is 36.2 Å². The van der Waals surface area contributed by atoms with Crippen LogP contribution >= 0.6 is 27.7 Å². The highest BCUT2D eigenvalue weighted by Gasteiger charge is 2.12. The van der Waals surface area contributed by atoms with E-state index in [9.17, 15) is 4.39 Å². The van der Waals surface area contributed by atoms with Gasteiger partial charge in [-0.1, -0.05) is 49.9 Å². The van der Waals surface area contributed by atoms with E-state index in [-0.39, 0.29) is 5.82 Å². The number of hydrogen-bond donors (Lipinski definition) is 1. The number of halogens is 2. The SMILES string of the molecule is CC(C)NCc1cccc(F)c1Sc1ccccc1Br. The van der Waals surface area contributed by atoms with Crippen LogP contribution in [-0.2, 0) is 6.54 Å². The van der Waals surface area contributed by atoms with Gasteiger partial charge in [0.15, 0.2) is 0 Å². The summed E-state index contributed by atoms with van der Waals surface area (Å²) in [5.41, 5.74) is 0.986. The molecule has 0 unspecified atom stereocenters. The van der Waals surface area contributed by atoms with E-state index in [0.717, 1.165) is 14.9 Å². The van der Waals surface area contributed by atoms with Crippen LogP contribution in [0.5, 0.6) is 0 Å². The van der Waals surface area contributed by atoms with Crippen molar-refractivity contribution in [1.29, 1.82) is 0 Å². The van der Waals surface area contributed by atoms with Crippen LogP contribution in [0.3, 0.4) is 0 Å². The maximum atomic E-state index is 14.1. The lowest BCUT2D eigenvalue weighted by molar-refractivity contribution is 0.564. The highest BCUT2D eigenvalue weighted by atomic mass is 79.9. The molecule has 0 fully saturated rings. The molecular weight excluding hydrogens is 337 g/mol. The lowest BCUT2D eigenvalue weighted by Crippen LogP contribution is -2.22. The van der Waals surface area contributed by atoms with Gasteiger partial charge in [-0.2, -0.15) is 0 Å². The van der Waals surface area contributed by atoms with E-state index in [1.807, 2.05) is 30.3 Å². The first-order chi connectivity index (χ1) is 9.58. The van der Waals surface area contributed by atoms with Crippen molar-refractivity contribution in [1.82, 2.24) is 5.32 Å².